The number of nitrogens with one attached hydrogen (secondary N) is 1. The van der Waals surface area contributed by atoms with Crippen LogP contribution < -0.4 is 0 Å². The Labute approximate surface area is 355 Å². The number of carboxylic acid groups (broad SMARTS) is 1. The van der Waals surface area contributed by atoms with Crippen LogP contribution in [0.2, 0.25) is 0 Å². The van der Waals surface area contributed by atoms with Crippen LogP contribution in [0.25, 0.3) is 100 Å². The molecule has 12 aromatic rings. The van der Waals surface area contributed by atoms with E-state index in [1.165, 1.54) is 7.11 Å². The predicted octanol–water partition coefficient (Wildman–Crippen LogP) is 5.69. The van der Waals surface area contributed by atoms with Crippen molar-refractivity contribution in [2.45, 2.75) is 32.9 Å². The van der Waals surface area contributed by atoms with E-state index in [0.717, 1.165) is 49.8 Å². The third-order valence-electron chi connectivity index (χ3n) is 9.73. The van der Waals surface area contributed by atoms with Crippen LogP contribution >= 0.6 is 0 Å². The first kappa shape index (κ1) is 40.3. The fourth-order valence-corrected chi connectivity index (χ4v) is 6.86. The number of benzene rings is 3. The molecule has 3 aromatic carbocycles. The number of ether oxygens (including phenoxy) is 1. The van der Waals surface area contributed by atoms with Crippen molar-refractivity contribution in [3.05, 3.63) is 85.5 Å². The minimum Gasteiger partial charge on any atom is -0.481 e. The van der Waals surface area contributed by atoms with Crippen LogP contribution in [0, 0.1) is 0 Å². The number of carboxylic acids is 1. The van der Waals surface area contributed by atoms with Crippen molar-refractivity contribution in [2.75, 3.05) is 7.11 Å². The first-order valence-electron chi connectivity index (χ1n) is 19.2. The summed E-state index contributed by atoms with van der Waals surface area (Å²) in [6.45, 7) is 5.61. The average Bonchev–Trinajstić information content (AvgIpc) is 4.18. The van der Waals surface area contributed by atoms with Gasteiger partial charge in [0, 0.05) is 41.7 Å². The zero-order valence-corrected chi connectivity index (χ0v) is 33.6. The van der Waals surface area contributed by atoms with E-state index in [9.17, 15) is 14.4 Å². The zero-order chi connectivity index (χ0) is 44.3. The van der Waals surface area contributed by atoms with E-state index in [-0.39, 0.29) is 12.2 Å². The number of hydrogen-bond donors (Lipinski definition) is 2. The van der Waals surface area contributed by atoms with Gasteiger partial charge in [0.2, 0.25) is 33.9 Å². The van der Waals surface area contributed by atoms with Gasteiger partial charge >= 0.3 is 11.9 Å². The molecule has 12 rings (SSSR count). The Morgan fingerprint density at radius 3 is 1.70 bits per heavy atom. The molecule has 0 bridgehead atoms. The number of ketones is 1. The minimum atomic E-state index is -0.863. The summed E-state index contributed by atoms with van der Waals surface area (Å²) in [5.74, 6) is -1.12. The van der Waals surface area contributed by atoms with Crippen LogP contribution in [0.3, 0.4) is 0 Å². The molecule has 0 unspecified atom stereocenters. The molecule has 23 heteroatoms. The maximum absolute atomic E-state index is 11.3. The van der Waals surface area contributed by atoms with Crippen molar-refractivity contribution >= 4 is 118 Å². The number of aliphatic carboxylic acids is 1. The molecule has 9 aromatic heterocycles. The second kappa shape index (κ2) is 17.1. The average molecular weight is 862 g/mol. The molecule has 0 amide bonds. The van der Waals surface area contributed by atoms with Gasteiger partial charge in [0.25, 0.3) is 0 Å². The number of carbonyl (C=O) groups excluding carboxylic acids is 2. The molecule has 0 aliphatic rings. The van der Waals surface area contributed by atoms with Gasteiger partial charge < -0.3 is 19.0 Å². The Hall–Kier alpha value is -9.15. The molecule has 0 aliphatic carbocycles. The molecular weight excluding hydrogens is 831 g/mol. The second-order valence-electron chi connectivity index (χ2n) is 13.8. The number of aryl methyl sites for hydroxylation is 2. The highest BCUT2D eigenvalue weighted by Gasteiger charge is 2.18. The summed E-state index contributed by atoms with van der Waals surface area (Å²) in [4.78, 5) is 62.8. The second-order valence-corrected chi connectivity index (χ2v) is 13.8. The number of nitrogens with zero attached hydrogens (tertiary/aromatic N) is 14. The molecule has 0 spiro atoms. The standard InChI is InChI=1S/C14H11N5O2.C13H9N5O3.C10H5N5O.C4H6O2/c1-8(20)6-7-19-10-5-3-2-4-9(10)11-14(19)16-13-12(15-11)17-21-18-13;19-9(20)5-6-18-8-4-2-1-3-7(8)10-13(18)15-12-11(14-10)16-21-17-12;1-2-4-6-5(3-1)7-8(11-6)13-10-9(12-7)14-16-15-10;1-3-4(5)6-2/h2-5H,6-7H2,1H3;1-4H,5-6H2,(H,19,20);1-4H,(H,12,14);3H,1H2,2H3. The Morgan fingerprint density at radius 1 is 0.641 bits per heavy atom. The van der Waals surface area contributed by atoms with E-state index in [1.54, 1.807) is 6.92 Å². The van der Waals surface area contributed by atoms with E-state index in [4.69, 9.17) is 5.11 Å². The number of aromatic nitrogens is 15. The number of Topliss-reactive ketones (excluding diaryl/α,β-unsaturated/α-hetero) is 1. The normalized spacial score (nSPS) is 11.2. The van der Waals surface area contributed by atoms with E-state index in [0.29, 0.717) is 75.9 Å². The molecule has 0 aliphatic heterocycles. The van der Waals surface area contributed by atoms with Crippen LogP contribution in [-0.2, 0) is 32.2 Å². The number of methoxy groups -OCH3 is 1. The summed E-state index contributed by atoms with van der Waals surface area (Å²) in [6, 6.07) is 23.3. The van der Waals surface area contributed by atoms with Gasteiger partial charge in [-0.1, -0.05) is 61.2 Å². The fourth-order valence-electron chi connectivity index (χ4n) is 6.86. The highest BCUT2D eigenvalue weighted by Crippen LogP contribution is 2.29. The number of esters is 1. The lowest BCUT2D eigenvalue weighted by molar-refractivity contribution is -0.137. The first-order chi connectivity index (χ1) is 31.2. The van der Waals surface area contributed by atoms with Gasteiger partial charge in [-0.25, -0.2) is 48.9 Å². The van der Waals surface area contributed by atoms with Gasteiger partial charge in [-0.15, -0.1) is 0 Å². The summed E-state index contributed by atoms with van der Waals surface area (Å²) in [6.07, 6.45) is 1.56. The lowest BCUT2D eigenvalue weighted by atomic mass is 10.2. The molecule has 0 radical (unpaired) electrons. The number of rotatable bonds is 7. The van der Waals surface area contributed by atoms with Crippen LogP contribution in [0.15, 0.2) is 99.3 Å². The molecule has 2 N–H and O–H groups in total. The van der Waals surface area contributed by atoms with Crippen molar-refractivity contribution in [2.24, 2.45) is 0 Å². The molecule has 9 heterocycles. The number of carbonyl (C=O) groups is 3. The molecular formula is C41H31N15O8. The van der Waals surface area contributed by atoms with Gasteiger partial charge in [-0.3, -0.25) is 14.2 Å². The minimum absolute atomic E-state index is 0.00452. The monoisotopic (exact) mass is 861 g/mol. The Morgan fingerprint density at radius 2 is 1.17 bits per heavy atom. The predicted molar refractivity (Wildman–Crippen MR) is 227 cm³/mol. The van der Waals surface area contributed by atoms with E-state index >= 15 is 0 Å². The van der Waals surface area contributed by atoms with Crippen molar-refractivity contribution in [3.63, 3.8) is 0 Å². The Balaban J connectivity index is 0.000000115. The van der Waals surface area contributed by atoms with E-state index in [2.05, 4.69) is 91.0 Å². The highest BCUT2D eigenvalue weighted by atomic mass is 16.6. The number of para-hydroxylation sites is 3. The van der Waals surface area contributed by atoms with Gasteiger partial charge in [0.05, 0.1) is 30.1 Å². The SMILES string of the molecule is C=CC(=O)OC.CC(=O)CCn1c2ccccc2c2nc3nonc3nc21.O=C(O)CCn1c2ccccc2c2nc3nonc3nc21.c1ccc2c(c1)nc1nc3no[nH]c3nc12. The van der Waals surface area contributed by atoms with E-state index < -0.39 is 11.9 Å². The number of hydrogen-bond acceptors (Lipinski definition) is 19. The first-order valence-corrected chi connectivity index (χ1v) is 19.2. The maximum Gasteiger partial charge on any atom is 0.329 e. The Kier molecular flexibility index (Phi) is 10.7. The smallest absolute Gasteiger partial charge is 0.329 e. The van der Waals surface area contributed by atoms with Gasteiger partial charge in [-0.05, 0) is 50.9 Å². The third kappa shape index (κ3) is 7.70. The summed E-state index contributed by atoms with van der Waals surface area (Å²) in [5, 5.41) is 32.9. The molecule has 0 saturated heterocycles. The number of aromatic amines is 1. The van der Waals surface area contributed by atoms with Gasteiger partial charge in [-0.2, -0.15) is 5.16 Å². The summed E-state index contributed by atoms with van der Waals surface area (Å²) in [5.41, 5.74) is 9.20. The lowest BCUT2D eigenvalue weighted by Gasteiger charge is -2.04. The molecule has 0 fully saturated rings. The topological polar surface area (TPSA) is 300 Å². The molecule has 0 atom stereocenters. The zero-order valence-electron chi connectivity index (χ0n) is 33.6. The lowest BCUT2D eigenvalue weighted by Crippen LogP contribution is -2.05. The summed E-state index contributed by atoms with van der Waals surface area (Å²) < 4.78 is 22.0. The number of fused-ring (bicyclic) bond motifs is 12. The maximum atomic E-state index is 11.3. The number of H-pyrrole nitrogens is 1. The quantitative estimate of drug-likeness (QED) is 0.144. The van der Waals surface area contributed by atoms with Crippen molar-refractivity contribution in [3.8, 4) is 0 Å². The largest absolute Gasteiger partial charge is 0.481 e. The van der Waals surface area contributed by atoms with Gasteiger partial charge in [0.15, 0.2) is 16.9 Å². The van der Waals surface area contributed by atoms with Crippen molar-refractivity contribution in [1.29, 1.82) is 0 Å². The molecule has 64 heavy (non-hydrogen) atoms. The van der Waals surface area contributed by atoms with Crippen molar-refractivity contribution < 1.29 is 38.1 Å². The highest BCUT2D eigenvalue weighted by molar-refractivity contribution is 6.07. The van der Waals surface area contributed by atoms with Crippen LogP contribution in [0.1, 0.15) is 19.8 Å². The van der Waals surface area contributed by atoms with Crippen molar-refractivity contribution in [1.82, 2.24) is 75.0 Å². The van der Waals surface area contributed by atoms with Crippen LogP contribution in [-0.4, -0.2) is 105 Å². The Bertz CT molecular complexity index is 3550. The molecule has 23 nitrogen and oxygen atoms in total. The summed E-state index contributed by atoms with van der Waals surface area (Å²) >= 11 is 0. The van der Waals surface area contributed by atoms with Gasteiger partial charge in [0.1, 0.15) is 22.3 Å². The summed E-state index contributed by atoms with van der Waals surface area (Å²) in [7, 11) is 1.31. The molecule has 318 valence electrons. The van der Waals surface area contributed by atoms with E-state index in [1.807, 2.05) is 81.9 Å². The van der Waals surface area contributed by atoms with Crippen LogP contribution in [0.5, 0.6) is 0 Å². The van der Waals surface area contributed by atoms with Crippen LogP contribution in [0.4, 0.5) is 0 Å². The third-order valence-corrected chi connectivity index (χ3v) is 9.73. The fraction of sp³-hybridized carbons (Fsp3) is 0.146. The molecule has 0 saturated carbocycles.